The van der Waals surface area contributed by atoms with Crippen molar-refractivity contribution in [3.8, 4) is 17.1 Å². The number of rotatable bonds is 3. The van der Waals surface area contributed by atoms with Gasteiger partial charge in [-0.3, -0.25) is 5.10 Å². The van der Waals surface area contributed by atoms with E-state index in [0.717, 1.165) is 5.52 Å². The van der Waals surface area contributed by atoms with E-state index in [1.54, 1.807) is 24.5 Å². The molecule has 1 saturated heterocycles. The molecule has 24 heavy (non-hydrogen) atoms. The third-order valence-corrected chi connectivity index (χ3v) is 4.07. The SMILES string of the molecule is COc1nccc2[nH]nc(-c3ccnc(N4CCOCC4)c3F)c12. The van der Waals surface area contributed by atoms with Gasteiger partial charge >= 0.3 is 0 Å². The van der Waals surface area contributed by atoms with E-state index in [9.17, 15) is 0 Å². The van der Waals surface area contributed by atoms with Gasteiger partial charge in [0.15, 0.2) is 11.6 Å². The number of nitrogens with one attached hydrogen (secondary N) is 1. The van der Waals surface area contributed by atoms with Crippen LogP contribution in [0.3, 0.4) is 0 Å². The second-order valence-electron chi connectivity index (χ2n) is 5.41. The highest BCUT2D eigenvalue weighted by Crippen LogP contribution is 2.35. The van der Waals surface area contributed by atoms with Crippen LogP contribution >= 0.6 is 0 Å². The Morgan fingerprint density at radius 2 is 2.00 bits per heavy atom. The lowest BCUT2D eigenvalue weighted by atomic mass is 10.1. The van der Waals surface area contributed by atoms with E-state index in [-0.39, 0.29) is 0 Å². The number of fused-ring (bicyclic) bond motifs is 1. The highest BCUT2D eigenvalue weighted by Gasteiger charge is 2.23. The summed E-state index contributed by atoms with van der Waals surface area (Å²) >= 11 is 0. The zero-order chi connectivity index (χ0) is 16.5. The normalized spacial score (nSPS) is 15.0. The fourth-order valence-corrected chi connectivity index (χ4v) is 2.90. The standard InChI is InChI=1S/C16H16FN5O2/c1-23-16-12-11(3-5-19-16)20-21-14(12)10-2-4-18-15(13(10)17)22-6-8-24-9-7-22/h2-5H,6-9H2,1H3,(H,20,21). The molecule has 0 saturated carbocycles. The number of ether oxygens (including phenoxy) is 2. The Morgan fingerprint density at radius 1 is 1.21 bits per heavy atom. The summed E-state index contributed by atoms with van der Waals surface area (Å²) in [6.07, 6.45) is 3.21. The first-order chi connectivity index (χ1) is 11.8. The largest absolute Gasteiger partial charge is 0.480 e. The van der Waals surface area contributed by atoms with Gasteiger partial charge in [0, 0.05) is 31.0 Å². The number of halogens is 1. The molecule has 0 amide bonds. The monoisotopic (exact) mass is 329 g/mol. The Kier molecular flexibility index (Phi) is 3.73. The maximum absolute atomic E-state index is 15.1. The topological polar surface area (TPSA) is 76.2 Å². The summed E-state index contributed by atoms with van der Waals surface area (Å²) < 4.78 is 25.7. The van der Waals surface area contributed by atoms with Gasteiger partial charge in [-0.2, -0.15) is 5.10 Å². The number of H-pyrrole nitrogens is 1. The fourth-order valence-electron chi connectivity index (χ4n) is 2.90. The van der Waals surface area contributed by atoms with Crippen LogP contribution < -0.4 is 9.64 Å². The van der Waals surface area contributed by atoms with Gasteiger partial charge in [-0.05, 0) is 12.1 Å². The van der Waals surface area contributed by atoms with Crippen molar-refractivity contribution in [2.45, 2.75) is 0 Å². The van der Waals surface area contributed by atoms with Crippen LogP contribution in [-0.2, 0) is 4.74 Å². The summed E-state index contributed by atoms with van der Waals surface area (Å²) in [5.74, 6) is 0.314. The summed E-state index contributed by atoms with van der Waals surface area (Å²) in [6.45, 7) is 2.35. The molecule has 0 aromatic carbocycles. The van der Waals surface area contributed by atoms with Crippen molar-refractivity contribution in [2.24, 2.45) is 0 Å². The van der Waals surface area contributed by atoms with Crippen molar-refractivity contribution < 1.29 is 13.9 Å². The quantitative estimate of drug-likeness (QED) is 0.792. The second-order valence-corrected chi connectivity index (χ2v) is 5.41. The van der Waals surface area contributed by atoms with E-state index in [1.165, 1.54) is 7.11 Å². The van der Waals surface area contributed by atoms with Gasteiger partial charge in [0.05, 0.1) is 31.2 Å². The van der Waals surface area contributed by atoms with Crippen molar-refractivity contribution >= 4 is 16.7 Å². The number of nitrogens with zero attached hydrogens (tertiary/aromatic N) is 4. The molecular weight excluding hydrogens is 313 g/mol. The highest BCUT2D eigenvalue weighted by atomic mass is 19.1. The number of hydrogen-bond acceptors (Lipinski definition) is 6. The first-order valence-corrected chi connectivity index (χ1v) is 7.64. The van der Waals surface area contributed by atoms with Crippen LogP contribution in [0.25, 0.3) is 22.2 Å². The Balaban J connectivity index is 1.85. The van der Waals surface area contributed by atoms with Crippen LogP contribution in [0.4, 0.5) is 10.2 Å². The Labute approximate surface area is 137 Å². The molecule has 0 atom stereocenters. The van der Waals surface area contributed by atoms with Gasteiger partial charge in [0.1, 0.15) is 5.69 Å². The summed E-state index contributed by atoms with van der Waals surface area (Å²) in [5.41, 5.74) is 1.56. The van der Waals surface area contributed by atoms with Crippen molar-refractivity contribution in [1.29, 1.82) is 0 Å². The molecule has 0 bridgehead atoms. The predicted molar refractivity (Wildman–Crippen MR) is 86.7 cm³/mol. The van der Waals surface area contributed by atoms with Gasteiger partial charge in [0.2, 0.25) is 5.88 Å². The third-order valence-electron chi connectivity index (χ3n) is 4.07. The Morgan fingerprint density at radius 3 is 2.79 bits per heavy atom. The molecule has 8 heteroatoms. The molecule has 0 radical (unpaired) electrons. The average molecular weight is 329 g/mol. The molecule has 124 valence electrons. The number of anilines is 1. The lowest BCUT2D eigenvalue weighted by molar-refractivity contribution is 0.122. The van der Waals surface area contributed by atoms with Gasteiger partial charge < -0.3 is 14.4 Å². The van der Waals surface area contributed by atoms with Crippen LogP contribution in [0.5, 0.6) is 5.88 Å². The summed E-state index contributed by atoms with van der Waals surface area (Å²) in [7, 11) is 1.53. The van der Waals surface area contributed by atoms with E-state index in [0.29, 0.717) is 54.6 Å². The third kappa shape index (κ3) is 2.35. The van der Waals surface area contributed by atoms with Crippen molar-refractivity contribution in [2.75, 3.05) is 38.3 Å². The van der Waals surface area contributed by atoms with Crippen LogP contribution in [0.2, 0.25) is 0 Å². The molecular formula is C16H16FN5O2. The van der Waals surface area contributed by atoms with Crippen LogP contribution in [0.15, 0.2) is 24.5 Å². The fraction of sp³-hybridized carbons (Fsp3) is 0.312. The zero-order valence-corrected chi connectivity index (χ0v) is 13.1. The van der Waals surface area contributed by atoms with Crippen LogP contribution in [-0.4, -0.2) is 53.6 Å². The maximum atomic E-state index is 15.1. The first-order valence-electron chi connectivity index (χ1n) is 7.64. The Hall–Kier alpha value is -2.74. The predicted octanol–water partition coefficient (Wildman–Crippen LogP) is 2.00. The first kappa shape index (κ1) is 14.8. The molecule has 1 N–H and O–H groups in total. The minimum Gasteiger partial charge on any atom is -0.480 e. The van der Waals surface area contributed by atoms with E-state index in [4.69, 9.17) is 9.47 Å². The van der Waals surface area contributed by atoms with Crippen LogP contribution in [0, 0.1) is 5.82 Å². The van der Waals surface area contributed by atoms with E-state index in [2.05, 4.69) is 20.2 Å². The van der Waals surface area contributed by atoms with Gasteiger partial charge in [0.25, 0.3) is 0 Å². The smallest absolute Gasteiger partial charge is 0.224 e. The molecule has 0 aliphatic carbocycles. The minimum absolute atomic E-state index is 0.315. The molecule has 1 aliphatic rings. The molecule has 4 rings (SSSR count). The molecule has 0 spiro atoms. The van der Waals surface area contributed by atoms with E-state index < -0.39 is 5.82 Å². The van der Waals surface area contributed by atoms with Crippen molar-refractivity contribution in [3.63, 3.8) is 0 Å². The van der Waals surface area contributed by atoms with Crippen molar-refractivity contribution in [3.05, 3.63) is 30.3 Å². The highest BCUT2D eigenvalue weighted by molar-refractivity contribution is 5.96. The zero-order valence-electron chi connectivity index (χ0n) is 13.1. The van der Waals surface area contributed by atoms with E-state index in [1.807, 2.05) is 4.90 Å². The maximum Gasteiger partial charge on any atom is 0.224 e. The molecule has 1 aliphatic heterocycles. The molecule has 3 aromatic heterocycles. The van der Waals surface area contributed by atoms with Gasteiger partial charge in [-0.15, -0.1) is 0 Å². The molecule has 1 fully saturated rings. The number of aromatic nitrogens is 4. The molecule has 4 heterocycles. The number of aromatic amines is 1. The van der Waals surface area contributed by atoms with Gasteiger partial charge in [-0.1, -0.05) is 0 Å². The molecule has 0 unspecified atom stereocenters. The number of hydrogen-bond donors (Lipinski definition) is 1. The minimum atomic E-state index is -0.404. The summed E-state index contributed by atoms with van der Waals surface area (Å²) in [5, 5.41) is 7.81. The number of methoxy groups -OCH3 is 1. The van der Waals surface area contributed by atoms with Gasteiger partial charge in [-0.25, -0.2) is 14.4 Å². The second kappa shape index (κ2) is 6.04. The summed E-state index contributed by atoms with van der Waals surface area (Å²) in [6, 6.07) is 3.39. The van der Waals surface area contributed by atoms with Crippen molar-refractivity contribution in [1.82, 2.24) is 20.2 Å². The lowest BCUT2D eigenvalue weighted by Crippen LogP contribution is -2.37. The molecule has 7 nitrogen and oxygen atoms in total. The number of morpholine rings is 1. The van der Waals surface area contributed by atoms with E-state index >= 15 is 4.39 Å². The summed E-state index contributed by atoms with van der Waals surface area (Å²) in [4.78, 5) is 10.3. The lowest BCUT2D eigenvalue weighted by Gasteiger charge is -2.28. The van der Waals surface area contributed by atoms with Crippen LogP contribution in [0.1, 0.15) is 0 Å². The number of pyridine rings is 2. The average Bonchev–Trinajstić information content (AvgIpc) is 3.07. The Bertz CT molecular complexity index is 876. The molecule has 3 aromatic rings.